The van der Waals surface area contributed by atoms with Crippen molar-refractivity contribution in [3.63, 3.8) is 0 Å². The van der Waals surface area contributed by atoms with E-state index in [0.29, 0.717) is 21.5 Å². The third-order valence-corrected chi connectivity index (χ3v) is 4.64. The average molecular weight is 281 g/mol. The maximum atomic E-state index is 12.1. The van der Waals surface area contributed by atoms with Gasteiger partial charge in [0.2, 0.25) is 0 Å². The Balaban J connectivity index is 1.93. The van der Waals surface area contributed by atoms with Gasteiger partial charge in [0.1, 0.15) is 4.88 Å². The highest BCUT2D eigenvalue weighted by atomic mass is 35.5. The summed E-state index contributed by atoms with van der Waals surface area (Å²) in [6.45, 7) is 0.750. The lowest BCUT2D eigenvalue weighted by Crippen LogP contribution is -2.25. The van der Waals surface area contributed by atoms with Gasteiger partial charge in [-0.1, -0.05) is 17.7 Å². The van der Waals surface area contributed by atoms with E-state index >= 15 is 0 Å². The Kier molecular flexibility index (Phi) is 2.92. The molecule has 0 saturated heterocycles. The highest BCUT2D eigenvalue weighted by molar-refractivity contribution is 7.21. The van der Waals surface area contributed by atoms with Crippen molar-refractivity contribution in [2.45, 2.75) is 12.8 Å². The molecule has 0 atom stereocenters. The number of anilines is 1. The molecule has 0 spiro atoms. The number of rotatable bonds is 3. The molecule has 0 unspecified atom stereocenters. The molecule has 0 radical (unpaired) electrons. The zero-order valence-electron chi connectivity index (χ0n) is 9.70. The summed E-state index contributed by atoms with van der Waals surface area (Å²) < 4.78 is 0.955. The number of hydrogen-bond acceptors (Lipinski definition) is 3. The van der Waals surface area contributed by atoms with Gasteiger partial charge >= 0.3 is 0 Å². The minimum absolute atomic E-state index is 0.0864. The van der Waals surface area contributed by atoms with E-state index in [2.05, 4.69) is 5.32 Å². The van der Waals surface area contributed by atoms with Gasteiger partial charge in [0.15, 0.2) is 0 Å². The van der Waals surface area contributed by atoms with E-state index in [4.69, 9.17) is 17.3 Å². The normalized spacial score (nSPS) is 14.9. The summed E-state index contributed by atoms with van der Waals surface area (Å²) in [6, 6.07) is 5.59. The van der Waals surface area contributed by atoms with Crippen LogP contribution >= 0.6 is 22.9 Å². The predicted molar refractivity (Wildman–Crippen MR) is 76.3 cm³/mol. The molecule has 1 aliphatic carbocycles. The van der Waals surface area contributed by atoms with Gasteiger partial charge < -0.3 is 11.1 Å². The fourth-order valence-corrected chi connectivity index (χ4v) is 3.33. The predicted octanol–water partition coefficient (Wildman–Crippen LogP) is 3.28. The van der Waals surface area contributed by atoms with E-state index < -0.39 is 0 Å². The highest BCUT2D eigenvalue weighted by Gasteiger charge is 2.23. The van der Waals surface area contributed by atoms with Crippen LogP contribution in [0.3, 0.4) is 0 Å². The van der Waals surface area contributed by atoms with Crippen molar-refractivity contribution in [1.29, 1.82) is 0 Å². The lowest BCUT2D eigenvalue weighted by molar-refractivity contribution is 0.0956. The number of hydrogen-bond donors (Lipinski definition) is 2. The van der Waals surface area contributed by atoms with Gasteiger partial charge in [-0.05, 0) is 30.9 Å². The van der Waals surface area contributed by atoms with Gasteiger partial charge in [-0.25, -0.2) is 0 Å². The number of carbonyl (C=O) groups excluding carboxylic acids is 1. The molecule has 5 heteroatoms. The van der Waals surface area contributed by atoms with Crippen molar-refractivity contribution in [3.05, 3.63) is 28.1 Å². The van der Waals surface area contributed by atoms with Crippen LogP contribution < -0.4 is 11.1 Å². The topological polar surface area (TPSA) is 55.1 Å². The first-order chi connectivity index (χ1) is 8.66. The number of nitrogens with one attached hydrogen (secondary N) is 1. The number of amides is 1. The van der Waals surface area contributed by atoms with Crippen molar-refractivity contribution < 1.29 is 4.79 Å². The van der Waals surface area contributed by atoms with Crippen LogP contribution in [-0.4, -0.2) is 12.5 Å². The van der Waals surface area contributed by atoms with Gasteiger partial charge in [-0.15, -0.1) is 11.3 Å². The standard InChI is InChI=1S/C13H13ClN2OS/c14-8-2-1-3-9-10(8)11(15)12(18-9)13(17)16-6-7-4-5-7/h1-3,7H,4-6,15H2,(H,16,17). The van der Waals surface area contributed by atoms with Crippen LogP contribution in [0.5, 0.6) is 0 Å². The van der Waals surface area contributed by atoms with Gasteiger partial charge in [0.05, 0.1) is 10.7 Å². The molecule has 1 heterocycles. The number of thiophene rings is 1. The maximum Gasteiger partial charge on any atom is 0.263 e. The minimum atomic E-state index is -0.0864. The Bertz CT molecular complexity index is 619. The molecule has 1 aliphatic rings. The first-order valence-corrected chi connectivity index (χ1v) is 7.11. The molecule has 94 valence electrons. The van der Waals surface area contributed by atoms with Crippen LogP contribution in [0.2, 0.25) is 5.02 Å². The lowest BCUT2D eigenvalue weighted by Gasteiger charge is -2.02. The zero-order chi connectivity index (χ0) is 12.7. The molecule has 2 aromatic rings. The van der Waals surface area contributed by atoms with Crippen LogP contribution in [0.15, 0.2) is 18.2 Å². The Hall–Kier alpha value is -1.26. The molecule has 3 rings (SSSR count). The van der Waals surface area contributed by atoms with E-state index in [1.54, 1.807) is 6.07 Å². The first kappa shape index (κ1) is 11.8. The molecular weight excluding hydrogens is 268 g/mol. The zero-order valence-corrected chi connectivity index (χ0v) is 11.3. The third kappa shape index (κ3) is 2.06. The molecular formula is C13H13ClN2OS. The Morgan fingerprint density at radius 1 is 1.50 bits per heavy atom. The van der Waals surface area contributed by atoms with Crippen molar-refractivity contribution in [2.24, 2.45) is 5.92 Å². The summed E-state index contributed by atoms with van der Waals surface area (Å²) in [4.78, 5) is 12.6. The number of nitrogen functional groups attached to an aromatic ring is 1. The van der Waals surface area contributed by atoms with Gasteiger partial charge in [0, 0.05) is 16.6 Å². The molecule has 18 heavy (non-hydrogen) atoms. The molecule has 1 aromatic carbocycles. The second kappa shape index (κ2) is 4.44. The number of carbonyl (C=O) groups is 1. The molecule has 0 aliphatic heterocycles. The van der Waals surface area contributed by atoms with Crippen LogP contribution in [0.4, 0.5) is 5.69 Å². The van der Waals surface area contributed by atoms with E-state index in [0.717, 1.165) is 16.6 Å². The van der Waals surface area contributed by atoms with Gasteiger partial charge in [0.25, 0.3) is 5.91 Å². The van der Waals surface area contributed by atoms with Crippen LogP contribution in [0.25, 0.3) is 10.1 Å². The van der Waals surface area contributed by atoms with E-state index in [9.17, 15) is 4.79 Å². The van der Waals surface area contributed by atoms with E-state index in [1.807, 2.05) is 12.1 Å². The van der Waals surface area contributed by atoms with Crippen LogP contribution in [-0.2, 0) is 0 Å². The number of nitrogens with two attached hydrogens (primary N) is 1. The molecule has 1 amide bonds. The Morgan fingerprint density at radius 3 is 2.94 bits per heavy atom. The monoisotopic (exact) mass is 280 g/mol. The number of fused-ring (bicyclic) bond motifs is 1. The van der Waals surface area contributed by atoms with Crippen LogP contribution in [0, 0.1) is 5.92 Å². The summed E-state index contributed by atoms with van der Waals surface area (Å²) in [6.07, 6.45) is 2.43. The summed E-state index contributed by atoms with van der Waals surface area (Å²) in [5.41, 5.74) is 6.52. The average Bonchev–Trinajstić information content (AvgIpc) is 3.11. The molecule has 0 bridgehead atoms. The lowest BCUT2D eigenvalue weighted by atomic mass is 10.2. The van der Waals surface area contributed by atoms with Gasteiger partial charge in [-0.3, -0.25) is 4.79 Å². The largest absolute Gasteiger partial charge is 0.397 e. The summed E-state index contributed by atoms with van der Waals surface area (Å²) in [7, 11) is 0. The molecule has 1 saturated carbocycles. The van der Waals surface area contributed by atoms with Crippen molar-refractivity contribution in [1.82, 2.24) is 5.32 Å². The van der Waals surface area contributed by atoms with E-state index in [-0.39, 0.29) is 5.91 Å². The number of benzene rings is 1. The Labute approximate surface area is 114 Å². The molecule has 1 aromatic heterocycles. The fraction of sp³-hybridized carbons (Fsp3) is 0.308. The first-order valence-electron chi connectivity index (χ1n) is 5.91. The molecule has 3 N–H and O–H groups in total. The summed E-state index contributed by atoms with van der Waals surface area (Å²) in [5, 5.41) is 4.32. The van der Waals surface area contributed by atoms with Crippen molar-refractivity contribution in [2.75, 3.05) is 12.3 Å². The SMILES string of the molecule is Nc1c(C(=O)NCC2CC2)sc2cccc(Cl)c12. The molecule has 3 nitrogen and oxygen atoms in total. The minimum Gasteiger partial charge on any atom is -0.397 e. The van der Waals surface area contributed by atoms with Crippen molar-refractivity contribution in [3.8, 4) is 0 Å². The smallest absolute Gasteiger partial charge is 0.263 e. The molecule has 1 fully saturated rings. The van der Waals surface area contributed by atoms with Gasteiger partial charge in [-0.2, -0.15) is 0 Å². The fourth-order valence-electron chi connectivity index (χ4n) is 1.94. The Morgan fingerprint density at radius 2 is 2.28 bits per heavy atom. The quantitative estimate of drug-likeness (QED) is 0.906. The second-order valence-electron chi connectivity index (χ2n) is 4.61. The number of halogens is 1. The van der Waals surface area contributed by atoms with Crippen LogP contribution in [0.1, 0.15) is 22.5 Å². The third-order valence-electron chi connectivity index (χ3n) is 3.16. The maximum absolute atomic E-state index is 12.1. The second-order valence-corrected chi connectivity index (χ2v) is 6.07. The summed E-state index contributed by atoms with van der Waals surface area (Å²) >= 11 is 7.51. The van der Waals surface area contributed by atoms with Crippen molar-refractivity contribution >= 4 is 44.6 Å². The van der Waals surface area contributed by atoms with E-state index in [1.165, 1.54) is 24.2 Å². The highest BCUT2D eigenvalue weighted by Crippen LogP contribution is 2.38. The summed E-state index contributed by atoms with van der Waals surface area (Å²) in [5.74, 6) is 0.574.